The van der Waals surface area contributed by atoms with Crippen LogP contribution >= 0.6 is 0 Å². The molecule has 112 valence electrons. The van der Waals surface area contributed by atoms with Crippen molar-refractivity contribution in [2.45, 2.75) is 38.0 Å². The molecule has 0 aromatic rings. The fraction of sp³-hybridized carbons (Fsp3) is 0.917. The van der Waals surface area contributed by atoms with Gasteiger partial charge in [0.2, 0.25) is 5.91 Å². The van der Waals surface area contributed by atoms with Gasteiger partial charge in [0.25, 0.3) is 0 Å². The highest BCUT2D eigenvalue weighted by Gasteiger charge is 2.28. The molecule has 1 aliphatic heterocycles. The van der Waals surface area contributed by atoms with Crippen LogP contribution in [0.4, 0.5) is 0 Å². The van der Waals surface area contributed by atoms with Gasteiger partial charge < -0.3 is 15.4 Å². The third-order valence-corrected chi connectivity index (χ3v) is 5.66. The van der Waals surface area contributed by atoms with E-state index in [9.17, 15) is 13.2 Å². The van der Waals surface area contributed by atoms with Crippen molar-refractivity contribution in [3.63, 3.8) is 0 Å². The molecule has 7 heteroatoms. The van der Waals surface area contributed by atoms with Crippen molar-refractivity contribution in [1.29, 1.82) is 0 Å². The molecule has 1 heterocycles. The average molecular weight is 292 g/mol. The van der Waals surface area contributed by atoms with Crippen molar-refractivity contribution in [1.82, 2.24) is 10.6 Å². The monoisotopic (exact) mass is 292 g/mol. The SMILES string of the molecule is CC(C)(C)S(=O)(=O)CCNC(=O)CC1COCCN1. The summed E-state index contributed by atoms with van der Waals surface area (Å²) < 4.78 is 28.1. The second-order valence-electron chi connectivity index (χ2n) is 5.71. The Balaban J connectivity index is 2.27. The Morgan fingerprint density at radius 1 is 1.42 bits per heavy atom. The summed E-state index contributed by atoms with van der Waals surface area (Å²) in [6, 6.07) is 0.0213. The fourth-order valence-electron chi connectivity index (χ4n) is 1.68. The number of rotatable bonds is 5. The first kappa shape index (κ1) is 16.4. The summed E-state index contributed by atoms with van der Waals surface area (Å²) in [5.41, 5.74) is 0. The maximum Gasteiger partial charge on any atom is 0.221 e. The molecule has 0 spiro atoms. The third kappa shape index (κ3) is 5.46. The molecule has 1 unspecified atom stereocenters. The molecule has 0 aliphatic carbocycles. The molecule has 0 bridgehead atoms. The van der Waals surface area contributed by atoms with Crippen LogP contribution in [0.25, 0.3) is 0 Å². The van der Waals surface area contributed by atoms with Crippen LogP contribution in [0.1, 0.15) is 27.2 Å². The van der Waals surface area contributed by atoms with Gasteiger partial charge in [-0.25, -0.2) is 8.42 Å². The minimum Gasteiger partial charge on any atom is -0.378 e. The van der Waals surface area contributed by atoms with E-state index < -0.39 is 14.6 Å². The molecular weight excluding hydrogens is 268 g/mol. The first-order valence-corrected chi connectivity index (χ1v) is 8.18. The summed E-state index contributed by atoms with van der Waals surface area (Å²) >= 11 is 0. The first-order valence-electron chi connectivity index (χ1n) is 6.52. The normalized spacial score (nSPS) is 21.1. The van der Waals surface area contributed by atoms with E-state index in [-0.39, 0.29) is 24.2 Å². The van der Waals surface area contributed by atoms with E-state index >= 15 is 0 Å². The van der Waals surface area contributed by atoms with Gasteiger partial charge in [0, 0.05) is 25.6 Å². The predicted molar refractivity (Wildman–Crippen MR) is 73.8 cm³/mol. The Labute approximate surface area is 115 Å². The molecule has 1 fully saturated rings. The van der Waals surface area contributed by atoms with Gasteiger partial charge in [-0.2, -0.15) is 0 Å². The van der Waals surface area contributed by atoms with Crippen LogP contribution in [0.3, 0.4) is 0 Å². The van der Waals surface area contributed by atoms with Gasteiger partial charge in [-0.05, 0) is 20.8 Å². The van der Waals surface area contributed by atoms with E-state index in [1.165, 1.54) is 0 Å². The van der Waals surface area contributed by atoms with Crippen molar-refractivity contribution in [2.75, 3.05) is 32.1 Å². The number of ether oxygens (including phenoxy) is 1. The minimum atomic E-state index is -3.18. The van der Waals surface area contributed by atoms with Crippen LogP contribution < -0.4 is 10.6 Å². The standard InChI is InChI=1S/C12H24N2O4S/c1-12(2,3)19(16,17)7-5-14-11(15)8-10-9-18-6-4-13-10/h10,13H,4-9H2,1-3H3,(H,14,15). The van der Waals surface area contributed by atoms with E-state index in [4.69, 9.17) is 4.74 Å². The number of hydrogen-bond donors (Lipinski definition) is 2. The number of carbonyl (C=O) groups excluding carboxylic acids is 1. The van der Waals surface area contributed by atoms with E-state index in [0.717, 1.165) is 6.54 Å². The first-order chi connectivity index (χ1) is 8.72. The second-order valence-corrected chi connectivity index (χ2v) is 8.57. The molecule has 0 saturated carbocycles. The fourth-order valence-corrected chi connectivity index (χ4v) is 2.66. The van der Waals surface area contributed by atoms with Crippen molar-refractivity contribution in [2.24, 2.45) is 0 Å². The van der Waals surface area contributed by atoms with Crippen LogP contribution in [-0.2, 0) is 19.4 Å². The maximum atomic E-state index is 11.8. The maximum absolute atomic E-state index is 11.8. The van der Waals surface area contributed by atoms with Crippen LogP contribution in [0.15, 0.2) is 0 Å². The molecule has 0 aromatic carbocycles. The number of sulfone groups is 1. The lowest BCUT2D eigenvalue weighted by atomic mass is 10.2. The molecule has 6 nitrogen and oxygen atoms in total. The van der Waals surface area contributed by atoms with E-state index in [0.29, 0.717) is 19.6 Å². The zero-order valence-electron chi connectivity index (χ0n) is 11.9. The molecule has 1 saturated heterocycles. The van der Waals surface area contributed by atoms with Gasteiger partial charge in [-0.3, -0.25) is 4.79 Å². The van der Waals surface area contributed by atoms with Crippen molar-refractivity contribution in [3.05, 3.63) is 0 Å². The van der Waals surface area contributed by atoms with Gasteiger partial charge in [-0.1, -0.05) is 0 Å². The molecule has 1 aliphatic rings. The highest BCUT2D eigenvalue weighted by Crippen LogP contribution is 2.15. The van der Waals surface area contributed by atoms with Crippen LogP contribution in [0.2, 0.25) is 0 Å². The van der Waals surface area contributed by atoms with E-state index in [1.807, 2.05) is 0 Å². The van der Waals surface area contributed by atoms with Gasteiger partial charge in [-0.15, -0.1) is 0 Å². The number of carbonyl (C=O) groups is 1. The molecule has 2 N–H and O–H groups in total. The number of amides is 1. The second kappa shape index (κ2) is 6.67. The minimum absolute atomic E-state index is 0.0213. The molecule has 1 rings (SSSR count). The Morgan fingerprint density at radius 3 is 2.63 bits per heavy atom. The van der Waals surface area contributed by atoms with Crippen molar-refractivity contribution >= 4 is 15.7 Å². The highest BCUT2D eigenvalue weighted by molar-refractivity contribution is 7.92. The molecule has 0 aromatic heterocycles. The Hall–Kier alpha value is -0.660. The highest BCUT2D eigenvalue weighted by atomic mass is 32.2. The molecule has 1 amide bonds. The lowest BCUT2D eigenvalue weighted by Crippen LogP contribution is -2.45. The summed E-state index contributed by atoms with van der Waals surface area (Å²) in [4.78, 5) is 11.6. The molecule has 0 radical (unpaired) electrons. The number of morpholine rings is 1. The summed E-state index contributed by atoms with van der Waals surface area (Å²) in [6.07, 6.45) is 0.315. The van der Waals surface area contributed by atoms with Crippen molar-refractivity contribution < 1.29 is 17.9 Å². The smallest absolute Gasteiger partial charge is 0.221 e. The zero-order valence-corrected chi connectivity index (χ0v) is 12.7. The average Bonchev–Trinajstić information content (AvgIpc) is 2.28. The zero-order chi connectivity index (χ0) is 14.5. The Morgan fingerprint density at radius 2 is 2.11 bits per heavy atom. The number of hydrogen-bond acceptors (Lipinski definition) is 5. The predicted octanol–water partition coefficient (Wildman–Crippen LogP) is -0.306. The summed E-state index contributed by atoms with van der Waals surface area (Å²) in [7, 11) is -3.18. The van der Waals surface area contributed by atoms with Crippen molar-refractivity contribution in [3.8, 4) is 0 Å². The van der Waals surface area contributed by atoms with Crippen LogP contribution in [0, 0.1) is 0 Å². The van der Waals surface area contributed by atoms with E-state index in [1.54, 1.807) is 20.8 Å². The Bertz CT molecular complexity index is 394. The summed E-state index contributed by atoms with van der Waals surface area (Å²) in [5.74, 6) is -0.177. The summed E-state index contributed by atoms with van der Waals surface area (Å²) in [6.45, 7) is 7.08. The molecule has 1 atom stereocenters. The quantitative estimate of drug-likeness (QED) is 0.726. The van der Waals surface area contributed by atoms with Gasteiger partial charge in [0.1, 0.15) is 0 Å². The third-order valence-electron chi connectivity index (χ3n) is 3.06. The van der Waals surface area contributed by atoms with Gasteiger partial charge in [0.15, 0.2) is 9.84 Å². The van der Waals surface area contributed by atoms with Gasteiger partial charge >= 0.3 is 0 Å². The summed E-state index contributed by atoms with van der Waals surface area (Å²) in [5, 5.41) is 5.82. The number of nitrogens with one attached hydrogen (secondary N) is 2. The van der Waals surface area contributed by atoms with Crippen LogP contribution in [-0.4, -0.2) is 57.2 Å². The molecular formula is C12H24N2O4S. The lowest BCUT2D eigenvalue weighted by Gasteiger charge is -2.23. The van der Waals surface area contributed by atoms with Crippen LogP contribution in [0.5, 0.6) is 0 Å². The Kier molecular flexibility index (Phi) is 5.76. The largest absolute Gasteiger partial charge is 0.378 e. The topological polar surface area (TPSA) is 84.5 Å². The van der Waals surface area contributed by atoms with Gasteiger partial charge in [0.05, 0.1) is 23.7 Å². The van der Waals surface area contributed by atoms with E-state index in [2.05, 4.69) is 10.6 Å². The lowest BCUT2D eigenvalue weighted by molar-refractivity contribution is -0.122. The molecule has 19 heavy (non-hydrogen) atoms.